The number of aliphatic hydroxyl groups excluding tert-OH is 1. The molecule has 0 radical (unpaired) electrons. The van der Waals surface area contributed by atoms with Gasteiger partial charge in [-0.1, -0.05) is 12.1 Å². The Bertz CT molecular complexity index is 1210. The van der Waals surface area contributed by atoms with Crippen molar-refractivity contribution in [3.63, 3.8) is 0 Å². The Morgan fingerprint density at radius 1 is 1.16 bits per heavy atom. The minimum atomic E-state index is -0.966. The number of non-ortho nitro benzene ring substituents is 1. The number of carbonyl (C=O) groups is 2. The lowest BCUT2D eigenvalue weighted by atomic mass is 9.95. The van der Waals surface area contributed by atoms with Gasteiger partial charge in [0.2, 0.25) is 0 Å². The topological polar surface area (TPSA) is 123 Å². The number of Topliss-reactive ketones (excluding diaryl/α,β-unsaturated/α-hetero) is 1. The van der Waals surface area contributed by atoms with Crippen molar-refractivity contribution in [2.45, 2.75) is 12.6 Å². The number of ketones is 1. The van der Waals surface area contributed by atoms with Gasteiger partial charge < -0.3 is 19.2 Å². The Hall–Kier alpha value is -4.40. The maximum Gasteiger partial charge on any atom is 0.296 e. The van der Waals surface area contributed by atoms with Crippen LogP contribution in [0, 0.1) is 10.1 Å². The lowest BCUT2D eigenvalue weighted by Crippen LogP contribution is -2.29. The molecule has 2 aromatic carbocycles. The molecule has 3 aromatic rings. The summed E-state index contributed by atoms with van der Waals surface area (Å²) in [6, 6.07) is 14.3. The van der Waals surface area contributed by atoms with Crippen LogP contribution in [0.1, 0.15) is 22.9 Å². The highest BCUT2D eigenvalue weighted by molar-refractivity contribution is 6.46. The summed E-state index contributed by atoms with van der Waals surface area (Å²) in [6.07, 6.45) is 1.45. The summed E-state index contributed by atoms with van der Waals surface area (Å²) in [5.74, 6) is -1.13. The van der Waals surface area contributed by atoms with E-state index in [1.54, 1.807) is 36.4 Å². The van der Waals surface area contributed by atoms with E-state index in [0.29, 0.717) is 22.6 Å². The first kappa shape index (κ1) is 20.9. The number of carbonyl (C=O) groups excluding carboxylic acids is 2. The number of rotatable bonds is 6. The van der Waals surface area contributed by atoms with E-state index in [2.05, 4.69) is 0 Å². The summed E-state index contributed by atoms with van der Waals surface area (Å²) >= 11 is 0. The van der Waals surface area contributed by atoms with E-state index in [1.807, 2.05) is 0 Å². The zero-order valence-corrected chi connectivity index (χ0v) is 16.9. The third-order valence-corrected chi connectivity index (χ3v) is 5.21. The van der Waals surface area contributed by atoms with Gasteiger partial charge in [-0.3, -0.25) is 19.7 Å². The number of nitrogens with zero attached hydrogens (tertiary/aromatic N) is 2. The smallest absolute Gasteiger partial charge is 0.296 e. The molecule has 2 heterocycles. The van der Waals surface area contributed by atoms with Crippen LogP contribution in [0.2, 0.25) is 0 Å². The minimum absolute atomic E-state index is 0.0197. The molecule has 1 aliphatic rings. The van der Waals surface area contributed by atoms with Gasteiger partial charge in [-0.2, -0.15) is 0 Å². The third-order valence-electron chi connectivity index (χ3n) is 5.21. The molecule has 1 N–H and O–H groups in total. The number of amides is 1. The number of methoxy groups -OCH3 is 1. The van der Waals surface area contributed by atoms with Crippen molar-refractivity contribution in [3.8, 4) is 5.75 Å². The van der Waals surface area contributed by atoms with Crippen molar-refractivity contribution in [1.29, 1.82) is 0 Å². The molecule has 0 aliphatic carbocycles. The Kier molecular flexibility index (Phi) is 5.46. The fourth-order valence-corrected chi connectivity index (χ4v) is 3.66. The zero-order chi connectivity index (χ0) is 22.8. The molecular formula is C23H18N2O7. The van der Waals surface area contributed by atoms with Gasteiger partial charge >= 0.3 is 0 Å². The number of nitro groups is 1. The van der Waals surface area contributed by atoms with Crippen LogP contribution in [0.3, 0.4) is 0 Å². The maximum atomic E-state index is 13.0. The Morgan fingerprint density at radius 2 is 1.91 bits per heavy atom. The highest BCUT2D eigenvalue weighted by atomic mass is 16.6. The molecule has 1 saturated heterocycles. The number of furan rings is 1. The molecule has 162 valence electrons. The van der Waals surface area contributed by atoms with Crippen LogP contribution in [0.15, 0.2) is 76.9 Å². The molecule has 9 heteroatoms. The van der Waals surface area contributed by atoms with Gasteiger partial charge in [0, 0.05) is 17.7 Å². The number of aliphatic hydroxyl groups is 1. The molecule has 1 fully saturated rings. The Morgan fingerprint density at radius 3 is 2.53 bits per heavy atom. The van der Waals surface area contributed by atoms with Gasteiger partial charge in [0.25, 0.3) is 17.4 Å². The molecule has 1 atom stereocenters. The number of likely N-dealkylation sites (tertiary alicyclic amines) is 1. The van der Waals surface area contributed by atoms with Crippen LogP contribution in [-0.2, 0) is 16.1 Å². The van der Waals surface area contributed by atoms with E-state index in [1.165, 1.54) is 42.5 Å². The quantitative estimate of drug-likeness (QED) is 0.206. The molecule has 0 spiro atoms. The Labute approximate surface area is 182 Å². The van der Waals surface area contributed by atoms with Crippen molar-refractivity contribution < 1.29 is 28.8 Å². The average Bonchev–Trinajstić information content (AvgIpc) is 3.41. The summed E-state index contributed by atoms with van der Waals surface area (Å²) in [5.41, 5.74) is 0.478. The summed E-state index contributed by atoms with van der Waals surface area (Å²) in [7, 11) is 1.47. The van der Waals surface area contributed by atoms with Crippen LogP contribution >= 0.6 is 0 Å². The highest BCUT2D eigenvalue weighted by Gasteiger charge is 2.46. The number of hydrogen-bond donors (Lipinski definition) is 1. The lowest BCUT2D eigenvalue weighted by Gasteiger charge is -2.24. The standard InChI is InChI=1S/C23H18N2O7/c1-31-17-5-2-4-15(12-17)21(26)19-20(14-7-9-16(10-8-14)25(29)30)24(23(28)22(19)27)13-18-6-3-11-32-18/h2-12,20,26H,13H2,1H3. The van der Waals surface area contributed by atoms with E-state index in [-0.39, 0.29) is 23.6 Å². The third kappa shape index (κ3) is 3.71. The van der Waals surface area contributed by atoms with Crippen molar-refractivity contribution >= 4 is 23.1 Å². The number of benzene rings is 2. The van der Waals surface area contributed by atoms with E-state index < -0.39 is 22.7 Å². The fourth-order valence-electron chi connectivity index (χ4n) is 3.66. The van der Waals surface area contributed by atoms with Gasteiger partial charge in [-0.15, -0.1) is 0 Å². The van der Waals surface area contributed by atoms with Crippen molar-refractivity contribution in [1.82, 2.24) is 4.90 Å². The van der Waals surface area contributed by atoms with Crippen LogP contribution in [-0.4, -0.2) is 33.7 Å². The van der Waals surface area contributed by atoms with Gasteiger partial charge in [0.15, 0.2) is 0 Å². The molecule has 9 nitrogen and oxygen atoms in total. The summed E-state index contributed by atoms with van der Waals surface area (Å²) < 4.78 is 10.5. The second-order valence-electron chi connectivity index (χ2n) is 7.09. The first-order valence-electron chi connectivity index (χ1n) is 9.60. The normalized spacial score (nSPS) is 17.5. The van der Waals surface area contributed by atoms with Crippen LogP contribution < -0.4 is 4.74 Å². The second-order valence-corrected chi connectivity index (χ2v) is 7.09. The molecule has 4 rings (SSSR count). The molecule has 0 saturated carbocycles. The van der Waals surface area contributed by atoms with E-state index in [9.17, 15) is 24.8 Å². The maximum absolute atomic E-state index is 13.0. The summed E-state index contributed by atoms with van der Waals surface area (Å²) in [4.78, 5) is 37.7. The van der Waals surface area contributed by atoms with E-state index in [4.69, 9.17) is 9.15 Å². The Balaban J connectivity index is 1.86. The van der Waals surface area contributed by atoms with Gasteiger partial charge in [-0.25, -0.2) is 0 Å². The predicted octanol–water partition coefficient (Wildman–Crippen LogP) is 3.82. The first-order valence-corrected chi connectivity index (χ1v) is 9.60. The monoisotopic (exact) mass is 434 g/mol. The minimum Gasteiger partial charge on any atom is -0.507 e. The van der Waals surface area contributed by atoms with E-state index in [0.717, 1.165) is 0 Å². The van der Waals surface area contributed by atoms with Gasteiger partial charge in [0.1, 0.15) is 17.3 Å². The number of nitro benzene ring substituents is 1. The SMILES string of the molecule is COc1cccc(C(O)=C2C(=O)C(=O)N(Cc3ccco3)C2c2ccc([N+](=O)[O-])cc2)c1. The van der Waals surface area contributed by atoms with Crippen molar-refractivity contribution in [2.75, 3.05) is 7.11 Å². The largest absolute Gasteiger partial charge is 0.507 e. The molecule has 1 aliphatic heterocycles. The second kappa shape index (κ2) is 8.38. The summed E-state index contributed by atoms with van der Waals surface area (Å²) in [5, 5.41) is 22.1. The highest BCUT2D eigenvalue weighted by Crippen LogP contribution is 2.41. The molecule has 1 unspecified atom stereocenters. The molecule has 1 amide bonds. The lowest BCUT2D eigenvalue weighted by molar-refractivity contribution is -0.384. The number of hydrogen-bond acceptors (Lipinski definition) is 7. The van der Waals surface area contributed by atoms with Crippen LogP contribution in [0.5, 0.6) is 5.75 Å². The van der Waals surface area contributed by atoms with E-state index >= 15 is 0 Å². The van der Waals surface area contributed by atoms with Gasteiger partial charge in [-0.05, 0) is 42.0 Å². The molecule has 0 bridgehead atoms. The van der Waals surface area contributed by atoms with Crippen molar-refractivity contribution in [3.05, 3.63) is 99.5 Å². The molecule has 1 aromatic heterocycles. The van der Waals surface area contributed by atoms with Gasteiger partial charge in [0.05, 0.1) is 36.5 Å². The van der Waals surface area contributed by atoms with Crippen LogP contribution in [0.4, 0.5) is 5.69 Å². The van der Waals surface area contributed by atoms with Crippen LogP contribution in [0.25, 0.3) is 5.76 Å². The molecule has 32 heavy (non-hydrogen) atoms. The summed E-state index contributed by atoms with van der Waals surface area (Å²) in [6.45, 7) is -0.0197. The average molecular weight is 434 g/mol. The first-order chi connectivity index (χ1) is 15.4. The predicted molar refractivity (Wildman–Crippen MR) is 113 cm³/mol. The fraction of sp³-hybridized carbons (Fsp3) is 0.130. The molecular weight excluding hydrogens is 416 g/mol. The number of ether oxygens (including phenoxy) is 1. The zero-order valence-electron chi connectivity index (χ0n) is 16.9. The van der Waals surface area contributed by atoms with Crippen molar-refractivity contribution in [2.24, 2.45) is 0 Å².